The molecule has 0 saturated carbocycles. The second-order valence-electron chi connectivity index (χ2n) is 4.55. The Hall–Kier alpha value is -2.08. The monoisotopic (exact) mass is 232 g/mol. The van der Waals surface area contributed by atoms with Crippen LogP contribution < -0.4 is 0 Å². The van der Waals surface area contributed by atoms with Gasteiger partial charge < -0.3 is 0 Å². The number of allylic oxidation sites excluding steroid dienone is 4. The normalized spacial score (nSPS) is 14.3. The van der Waals surface area contributed by atoms with E-state index in [0.29, 0.717) is 0 Å². The molecule has 0 aromatic heterocycles. The largest absolute Gasteiger partial charge is 0.0836 e. The van der Waals surface area contributed by atoms with Crippen molar-refractivity contribution in [2.75, 3.05) is 0 Å². The zero-order valence-electron chi connectivity index (χ0n) is 10.3. The zero-order valence-corrected chi connectivity index (χ0v) is 10.3. The summed E-state index contributed by atoms with van der Waals surface area (Å²) in [5.41, 5.74) is 5.28. The van der Waals surface area contributed by atoms with Crippen LogP contribution in [-0.2, 0) is 0 Å². The molecule has 1 aliphatic rings. The summed E-state index contributed by atoms with van der Waals surface area (Å²) in [5.74, 6) is 0. The van der Waals surface area contributed by atoms with Gasteiger partial charge in [0.25, 0.3) is 0 Å². The lowest BCUT2D eigenvalue weighted by Crippen LogP contribution is -1.90. The minimum absolute atomic E-state index is 1.15. The number of rotatable bonds is 2. The molecule has 0 bridgehead atoms. The highest BCUT2D eigenvalue weighted by Gasteiger charge is 2.07. The van der Waals surface area contributed by atoms with E-state index < -0.39 is 0 Å². The molecule has 1 aliphatic carbocycles. The lowest BCUT2D eigenvalue weighted by atomic mass is 9.92. The molecule has 0 aliphatic heterocycles. The third-order valence-electron chi connectivity index (χ3n) is 3.32. The van der Waals surface area contributed by atoms with Gasteiger partial charge in [0.05, 0.1) is 0 Å². The molecule has 2 aromatic carbocycles. The van der Waals surface area contributed by atoms with Crippen molar-refractivity contribution >= 4 is 5.57 Å². The summed E-state index contributed by atoms with van der Waals surface area (Å²) in [5, 5.41) is 0. The van der Waals surface area contributed by atoms with Crippen LogP contribution in [0.1, 0.15) is 18.4 Å². The lowest BCUT2D eigenvalue weighted by molar-refractivity contribution is 1.04. The zero-order chi connectivity index (χ0) is 12.2. The maximum Gasteiger partial charge on any atom is -0.0106 e. The molecule has 0 nitrogen and oxygen atoms in total. The Morgan fingerprint density at radius 1 is 0.667 bits per heavy atom. The van der Waals surface area contributed by atoms with E-state index in [0.717, 1.165) is 12.8 Å². The second-order valence-corrected chi connectivity index (χ2v) is 4.55. The van der Waals surface area contributed by atoms with Crippen molar-refractivity contribution in [2.24, 2.45) is 0 Å². The Morgan fingerprint density at radius 2 is 1.39 bits per heavy atom. The van der Waals surface area contributed by atoms with Gasteiger partial charge in [0, 0.05) is 0 Å². The highest BCUT2D eigenvalue weighted by molar-refractivity contribution is 5.85. The average Bonchev–Trinajstić information content (AvgIpc) is 2.49. The summed E-state index contributed by atoms with van der Waals surface area (Å²) in [4.78, 5) is 0. The topological polar surface area (TPSA) is 0 Å². The first kappa shape index (κ1) is 11.0. The van der Waals surface area contributed by atoms with Gasteiger partial charge >= 0.3 is 0 Å². The SMILES string of the molecule is C1=CC(c2ccccc2-c2ccccc2)=CCC1. The molecule has 18 heavy (non-hydrogen) atoms. The molecular weight excluding hydrogens is 216 g/mol. The molecule has 0 atom stereocenters. The standard InChI is InChI=1S/C18H16/c1-3-9-15(10-4-1)17-13-7-8-14-18(17)16-11-5-2-6-12-16/h1,3-5,7-14H,2,6H2. The smallest absolute Gasteiger partial charge is 0.0106 e. The molecule has 0 heterocycles. The van der Waals surface area contributed by atoms with E-state index in [1.807, 2.05) is 0 Å². The van der Waals surface area contributed by atoms with Crippen molar-refractivity contribution in [3.8, 4) is 11.1 Å². The van der Waals surface area contributed by atoms with Crippen LogP contribution in [0.5, 0.6) is 0 Å². The van der Waals surface area contributed by atoms with Gasteiger partial charge in [-0.3, -0.25) is 0 Å². The molecule has 2 aromatic rings. The second kappa shape index (κ2) is 5.05. The van der Waals surface area contributed by atoms with Crippen molar-refractivity contribution in [1.29, 1.82) is 0 Å². The minimum atomic E-state index is 1.15. The predicted octanol–water partition coefficient (Wildman–Crippen LogP) is 5.09. The highest BCUT2D eigenvalue weighted by atomic mass is 14.1. The predicted molar refractivity (Wildman–Crippen MR) is 78.2 cm³/mol. The van der Waals surface area contributed by atoms with Gasteiger partial charge in [-0.25, -0.2) is 0 Å². The molecule has 0 heteroatoms. The van der Waals surface area contributed by atoms with Crippen LogP contribution in [-0.4, -0.2) is 0 Å². The van der Waals surface area contributed by atoms with Crippen LogP contribution in [0.2, 0.25) is 0 Å². The third-order valence-corrected chi connectivity index (χ3v) is 3.32. The van der Waals surface area contributed by atoms with Gasteiger partial charge in [0.15, 0.2) is 0 Å². The Bertz CT molecular complexity index is 588. The minimum Gasteiger partial charge on any atom is -0.0836 e. The summed E-state index contributed by atoms with van der Waals surface area (Å²) < 4.78 is 0. The van der Waals surface area contributed by atoms with Crippen molar-refractivity contribution in [1.82, 2.24) is 0 Å². The number of benzene rings is 2. The molecule has 0 radical (unpaired) electrons. The Balaban J connectivity index is 2.11. The molecule has 0 unspecified atom stereocenters. The Kier molecular flexibility index (Phi) is 3.10. The van der Waals surface area contributed by atoms with Crippen molar-refractivity contribution < 1.29 is 0 Å². The van der Waals surface area contributed by atoms with Crippen LogP contribution in [0.15, 0.2) is 72.8 Å². The van der Waals surface area contributed by atoms with Crippen LogP contribution >= 0.6 is 0 Å². The average molecular weight is 232 g/mol. The van der Waals surface area contributed by atoms with E-state index in [-0.39, 0.29) is 0 Å². The summed E-state index contributed by atoms with van der Waals surface area (Å²) in [6.07, 6.45) is 9.15. The molecule has 3 rings (SSSR count). The van der Waals surface area contributed by atoms with Crippen molar-refractivity contribution in [3.63, 3.8) is 0 Å². The third kappa shape index (κ3) is 2.14. The fourth-order valence-electron chi connectivity index (χ4n) is 2.42. The number of hydrogen-bond donors (Lipinski definition) is 0. The van der Waals surface area contributed by atoms with Crippen LogP contribution in [0, 0.1) is 0 Å². The Morgan fingerprint density at radius 3 is 2.11 bits per heavy atom. The molecular formula is C18H16. The molecule has 0 saturated heterocycles. The molecule has 88 valence electrons. The molecule has 0 spiro atoms. The lowest BCUT2D eigenvalue weighted by Gasteiger charge is -2.13. The maximum absolute atomic E-state index is 2.34. The maximum atomic E-state index is 2.34. The summed E-state index contributed by atoms with van der Waals surface area (Å²) in [6, 6.07) is 19.2. The van der Waals surface area contributed by atoms with E-state index in [9.17, 15) is 0 Å². The van der Waals surface area contributed by atoms with Gasteiger partial charge in [-0.05, 0) is 35.1 Å². The van der Waals surface area contributed by atoms with Crippen molar-refractivity contribution in [2.45, 2.75) is 12.8 Å². The summed E-state index contributed by atoms with van der Waals surface area (Å²) >= 11 is 0. The Labute approximate surface area is 108 Å². The van der Waals surface area contributed by atoms with Gasteiger partial charge in [-0.1, -0.05) is 72.8 Å². The fraction of sp³-hybridized carbons (Fsp3) is 0.111. The van der Waals surface area contributed by atoms with Gasteiger partial charge in [-0.2, -0.15) is 0 Å². The van der Waals surface area contributed by atoms with Gasteiger partial charge in [0.1, 0.15) is 0 Å². The summed E-state index contributed by atoms with van der Waals surface area (Å²) in [6.45, 7) is 0. The first-order valence-electron chi connectivity index (χ1n) is 6.47. The van der Waals surface area contributed by atoms with Crippen LogP contribution in [0.4, 0.5) is 0 Å². The molecule has 0 fully saturated rings. The highest BCUT2D eigenvalue weighted by Crippen LogP contribution is 2.31. The van der Waals surface area contributed by atoms with E-state index in [4.69, 9.17) is 0 Å². The first-order valence-corrected chi connectivity index (χ1v) is 6.47. The number of hydrogen-bond acceptors (Lipinski definition) is 0. The fourth-order valence-corrected chi connectivity index (χ4v) is 2.42. The van der Waals surface area contributed by atoms with Gasteiger partial charge in [-0.15, -0.1) is 0 Å². The quantitative estimate of drug-likeness (QED) is 0.676. The van der Waals surface area contributed by atoms with Gasteiger partial charge in [0.2, 0.25) is 0 Å². The van der Waals surface area contributed by atoms with E-state index in [1.54, 1.807) is 0 Å². The van der Waals surface area contributed by atoms with E-state index in [2.05, 4.69) is 72.8 Å². The first-order chi connectivity index (χ1) is 8.95. The molecule has 0 N–H and O–H groups in total. The van der Waals surface area contributed by atoms with E-state index in [1.165, 1.54) is 22.3 Å². The summed E-state index contributed by atoms with van der Waals surface area (Å²) in [7, 11) is 0. The molecule has 0 amide bonds. The van der Waals surface area contributed by atoms with Crippen LogP contribution in [0.25, 0.3) is 16.7 Å². The van der Waals surface area contributed by atoms with E-state index >= 15 is 0 Å². The van der Waals surface area contributed by atoms with Crippen LogP contribution in [0.3, 0.4) is 0 Å². The van der Waals surface area contributed by atoms with Crippen molar-refractivity contribution in [3.05, 3.63) is 78.4 Å².